The Labute approximate surface area is 180 Å². The highest BCUT2D eigenvalue weighted by Crippen LogP contribution is 2.30. The van der Waals surface area contributed by atoms with E-state index in [0.29, 0.717) is 31.5 Å². The number of piperidine rings is 1. The molecule has 1 aliphatic heterocycles. The van der Waals surface area contributed by atoms with Gasteiger partial charge in [-0.1, -0.05) is 0 Å². The maximum Gasteiger partial charge on any atom is 0.410 e. The first kappa shape index (κ1) is 22.8. The normalized spacial score (nSPS) is 15.1. The molecular formula is C23H28F2N2O4. The Balaban J connectivity index is 1.59. The molecule has 0 radical (unpaired) electrons. The molecule has 1 aromatic carbocycles. The zero-order valence-electron chi connectivity index (χ0n) is 18.3. The van der Waals surface area contributed by atoms with Crippen molar-refractivity contribution < 1.29 is 23.0 Å². The molecule has 0 N–H and O–H groups in total. The summed E-state index contributed by atoms with van der Waals surface area (Å²) in [6.45, 7) is 6.62. The number of carbonyl (C=O) groups is 1. The SMILES string of the molecule is Cn1ccc(-c2cc(F)c(OCC3CCN(C(=O)OC(C)(C)C)CC3)c(F)c2)cc1=O. The number of benzene rings is 1. The van der Waals surface area contributed by atoms with Gasteiger partial charge in [0.05, 0.1) is 6.61 Å². The van der Waals surface area contributed by atoms with Crippen LogP contribution < -0.4 is 10.3 Å². The van der Waals surface area contributed by atoms with Crippen LogP contribution in [0.4, 0.5) is 13.6 Å². The number of aromatic nitrogens is 1. The van der Waals surface area contributed by atoms with Crippen molar-refractivity contribution >= 4 is 6.09 Å². The van der Waals surface area contributed by atoms with Crippen molar-refractivity contribution in [1.29, 1.82) is 0 Å². The molecule has 8 heteroatoms. The predicted molar refractivity (Wildman–Crippen MR) is 113 cm³/mol. The van der Waals surface area contributed by atoms with Gasteiger partial charge in [0.1, 0.15) is 5.60 Å². The summed E-state index contributed by atoms with van der Waals surface area (Å²) in [4.78, 5) is 25.5. The molecule has 0 bridgehead atoms. The van der Waals surface area contributed by atoms with Crippen LogP contribution in [-0.2, 0) is 11.8 Å². The van der Waals surface area contributed by atoms with E-state index < -0.39 is 23.0 Å². The molecule has 31 heavy (non-hydrogen) atoms. The van der Waals surface area contributed by atoms with Gasteiger partial charge in [-0.05, 0) is 68.9 Å². The Morgan fingerprint density at radius 1 is 1.10 bits per heavy atom. The lowest BCUT2D eigenvalue weighted by atomic mass is 9.98. The monoisotopic (exact) mass is 434 g/mol. The standard InChI is InChI=1S/C23H28F2N2O4/c1-23(2,3)31-22(29)27-9-5-15(6-10-27)14-30-21-18(24)11-17(12-19(21)25)16-7-8-26(4)20(28)13-16/h7-8,11-13,15H,5-6,9-10,14H2,1-4H3. The zero-order chi connectivity index (χ0) is 22.8. The molecular weight excluding hydrogens is 406 g/mol. The van der Waals surface area contributed by atoms with Gasteiger partial charge in [0.2, 0.25) is 0 Å². The molecule has 0 atom stereocenters. The Hall–Kier alpha value is -2.90. The van der Waals surface area contributed by atoms with Gasteiger partial charge in [-0.2, -0.15) is 0 Å². The summed E-state index contributed by atoms with van der Waals surface area (Å²) in [6, 6.07) is 5.28. The maximum atomic E-state index is 14.5. The molecule has 168 valence electrons. The third-order valence-corrected chi connectivity index (χ3v) is 5.17. The van der Waals surface area contributed by atoms with E-state index in [0.717, 1.165) is 12.1 Å². The number of carbonyl (C=O) groups excluding carboxylic acids is 1. The lowest BCUT2D eigenvalue weighted by molar-refractivity contribution is 0.0164. The quantitative estimate of drug-likeness (QED) is 0.718. The highest BCUT2D eigenvalue weighted by atomic mass is 19.1. The van der Waals surface area contributed by atoms with Crippen molar-refractivity contribution in [2.45, 2.75) is 39.2 Å². The molecule has 2 heterocycles. The molecule has 6 nitrogen and oxygen atoms in total. The molecule has 2 aromatic rings. The van der Waals surface area contributed by atoms with E-state index in [1.54, 1.807) is 24.2 Å². The molecule has 1 amide bonds. The highest BCUT2D eigenvalue weighted by molar-refractivity contribution is 5.68. The van der Waals surface area contributed by atoms with E-state index in [4.69, 9.17) is 9.47 Å². The molecule has 0 spiro atoms. The number of ether oxygens (including phenoxy) is 2. The van der Waals surface area contributed by atoms with Crippen LogP contribution in [0.15, 0.2) is 35.3 Å². The summed E-state index contributed by atoms with van der Waals surface area (Å²) in [6.07, 6.45) is 2.51. The first-order valence-corrected chi connectivity index (χ1v) is 10.3. The molecule has 1 aromatic heterocycles. The number of hydrogen-bond acceptors (Lipinski definition) is 4. The number of pyridine rings is 1. The average Bonchev–Trinajstić information content (AvgIpc) is 2.68. The van der Waals surface area contributed by atoms with Gasteiger partial charge < -0.3 is 18.9 Å². The molecule has 0 saturated carbocycles. The first-order valence-electron chi connectivity index (χ1n) is 10.3. The molecule has 1 aliphatic rings. The third kappa shape index (κ3) is 5.83. The van der Waals surface area contributed by atoms with E-state index in [9.17, 15) is 18.4 Å². The first-order chi connectivity index (χ1) is 14.5. The largest absolute Gasteiger partial charge is 0.487 e. The van der Waals surface area contributed by atoms with E-state index in [1.807, 2.05) is 20.8 Å². The molecule has 0 aliphatic carbocycles. The number of rotatable bonds is 4. The van der Waals surface area contributed by atoms with Crippen LogP contribution in [0.2, 0.25) is 0 Å². The number of nitrogens with zero attached hydrogens (tertiary/aromatic N) is 2. The number of aryl methyl sites for hydroxylation is 1. The van der Waals surface area contributed by atoms with E-state index >= 15 is 0 Å². The molecule has 0 unspecified atom stereocenters. The van der Waals surface area contributed by atoms with Crippen molar-refractivity contribution in [2.24, 2.45) is 13.0 Å². The second kappa shape index (κ2) is 9.08. The van der Waals surface area contributed by atoms with E-state index in [-0.39, 0.29) is 29.7 Å². The third-order valence-electron chi connectivity index (χ3n) is 5.17. The van der Waals surface area contributed by atoms with Crippen molar-refractivity contribution in [3.63, 3.8) is 0 Å². The van der Waals surface area contributed by atoms with Crippen LogP contribution in [0.5, 0.6) is 5.75 Å². The predicted octanol–water partition coefficient (Wildman–Crippen LogP) is 4.36. The summed E-state index contributed by atoms with van der Waals surface area (Å²) in [5, 5.41) is 0. The molecule has 1 saturated heterocycles. The van der Waals surface area contributed by atoms with Gasteiger partial charge >= 0.3 is 6.09 Å². The minimum absolute atomic E-state index is 0.0781. The average molecular weight is 434 g/mol. The van der Waals surface area contributed by atoms with Crippen LogP contribution >= 0.6 is 0 Å². The number of halogens is 2. The van der Waals surface area contributed by atoms with Crippen molar-refractivity contribution in [1.82, 2.24) is 9.47 Å². The van der Waals surface area contributed by atoms with Crippen LogP contribution in [0.1, 0.15) is 33.6 Å². The maximum absolute atomic E-state index is 14.5. The smallest absolute Gasteiger partial charge is 0.410 e. The fourth-order valence-corrected chi connectivity index (χ4v) is 3.40. The van der Waals surface area contributed by atoms with Gasteiger partial charge in [-0.25, -0.2) is 13.6 Å². The molecule has 3 rings (SSSR count). The van der Waals surface area contributed by atoms with Crippen molar-refractivity contribution in [3.05, 3.63) is 52.5 Å². The summed E-state index contributed by atoms with van der Waals surface area (Å²) >= 11 is 0. The lowest BCUT2D eigenvalue weighted by Gasteiger charge is -2.33. The second-order valence-electron chi connectivity index (χ2n) is 8.86. The molecule has 1 fully saturated rings. The number of hydrogen-bond donors (Lipinski definition) is 0. The summed E-state index contributed by atoms with van der Waals surface area (Å²) in [5.41, 5.74) is -0.116. The van der Waals surface area contributed by atoms with Crippen LogP contribution in [0.3, 0.4) is 0 Å². The Morgan fingerprint density at radius 2 is 1.71 bits per heavy atom. The lowest BCUT2D eigenvalue weighted by Crippen LogP contribution is -2.42. The highest BCUT2D eigenvalue weighted by Gasteiger charge is 2.27. The van der Waals surface area contributed by atoms with Gasteiger partial charge in [0.15, 0.2) is 17.4 Å². The Bertz CT molecular complexity index is 982. The summed E-state index contributed by atoms with van der Waals surface area (Å²) in [5.74, 6) is -1.99. The fourth-order valence-electron chi connectivity index (χ4n) is 3.40. The van der Waals surface area contributed by atoms with Gasteiger partial charge in [-0.15, -0.1) is 0 Å². The number of likely N-dealkylation sites (tertiary alicyclic amines) is 1. The topological polar surface area (TPSA) is 60.8 Å². The Morgan fingerprint density at radius 3 is 2.26 bits per heavy atom. The van der Waals surface area contributed by atoms with E-state index in [2.05, 4.69) is 0 Å². The van der Waals surface area contributed by atoms with Crippen LogP contribution in [-0.4, -0.2) is 40.9 Å². The van der Waals surface area contributed by atoms with Crippen molar-refractivity contribution in [2.75, 3.05) is 19.7 Å². The summed E-state index contributed by atoms with van der Waals surface area (Å²) in [7, 11) is 1.60. The minimum Gasteiger partial charge on any atom is -0.487 e. The van der Waals surface area contributed by atoms with Gasteiger partial charge in [0.25, 0.3) is 5.56 Å². The van der Waals surface area contributed by atoms with Crippen LogP contribution in [0, 0.1) is 17.6 Å². The van der Waals surface area contributed by atoms with Crippen molar-refractivity contribution in [3.8, 4) is 16.9 Å². The van der Waals surface area contributed by atoms with Gasteiger partial charge in [0, 0.05) is 32.4 Å². The minimum atomic E-state index is -0.818. The number of amides is 1. The Kier molecular flexibility index (Phi) is 6.67. The van der Waals surface area contributed by atoms with Gasteiger partial charge in [-0.3, -0.25) is 4.79 Å². The second-order valence-corrected chi connectivity index (χ2v) is 8.86. The fraction of sp³-hybridized carbons (Fsp3) is 0.478. The van der Waals surface area contributed by atoms with Crippen LogP contribution in [0.25, 0.3) is 11.1 Å². The van der Waals surface area contributed by atoms with E-state index in [1.165, 1.54) is 10.6 Å². The summed E-state index contributed by atoms with van der Waals surface area (Å²) < 4.78 is 41.3. The zero-order valence-corrected chi connectivity index (χ0v) is 18.3.